The first-order valence-corrected chi connectivity index (χ1v) is 11.9. The van der Waals surface area contributed by atoms with Crippen LogP contribution in [0.3, 0.4) is 0 Å². The number of para-hydroxylation sites is 1. The molecule has 0 amide bonds. The Morgan fingerprint density at radius 3 is 2.59 bits per heavy atom. The van der Waals surface area contributed by atoms with Gasteiger partial charge in [-0.3, -0.25) is 0 Å². The van der Waals surface area contributed by atoms with Crippen molar-refractivity contribution in [2.75, 3.05) is 5.01 Å². The van der Waals surface area contributed by atoms with E-state index >= 15 is 0 Å². The van der Waals surface area contributed by atoms with Crippen LogP contribution in [0.2, 0.25) is 0 Å². The molecule has 0 bridgehead atoms. The molecule has 3 aromatic carbocycles. The number of phenols is 1. The number of benzene rings is 3. The molecule has 6 rings (SSSR count). The number of aryl methyl sites for hydroxylation is 2. The van der Waals surface area contributed by atoms with Crippen molar-refractivity contribution in [3.63, 3.8) is 0 Å². The monoisotopic (exact) mass is 437 g/mol. The largest absolute Gasteiger partial charge is 0.507 e. The van der Waals surface area contributed by atoms with E-state index in [1.54, 1.807) is 17.4 Å². The number of fused-ring (bicyclic) bond motifs is 1. The Balaban J connectivity index is 1.39. The van der Waals surface area contributed by atoms with Crippen LogP contribution in [0.25, 0.3) is 11.3 Å². The van der Waals surface area contributed by atoms with E-state index in [0.717, 1.165) is 28.5 Å². The second-order valence-corrected chi connectivity index (χ2v) is 9.23. The standard InChI is InChI=1S/C27H23N3OS/c31-26-12-5-4-11-22(26)24-17-32-27(28-24)30-25(19-7-2-1-3-8-19)16-23(29-30)21-14-13-18-9-6-10-20(18)15-21/h1-5,7-8,11-15,17,25,31H,6,9-10,16H2. The number of hydrogen-bond acceptors (Lipinski definition) is 5. The van der Waals surface area contributed by atoms with Gasteiger partial charge in [0.1, 0.15) is 5.75 Å². The van der Waals surface area contributed by atoms with Crippen molar-refractivity contribution < 1.29 is 5.11 Å². The van der Waals surface area contributed by atoms with Gasteiger partial charge in [-0.25, -0.2) is 9.99 Å². The van der Waals surface area contributed by atoms with Crippen LogP contribution in [0, 0.1) is 0 Å². The Labute approximate surface area is 191 Å². The van der Waals surface area contributed by atoms with Gasteiger partial charge in [-0.05, 0) is 59.7 Å². The van der Waals surface area contributed by atoms with Crippen LogP contribution in [0.15, 0.2) is 83.3 Å². The Morgan fingerprint density at radius 1 is 0.906 bits per heavy atom. The van der Waals surface area contributed by atoms with E-state index in [2.05, 4.69) is 47.5 Å². The van der Waals surface area contributed by atoms with Gasteiger partial charge in [-0.1, -0.05) is 54.6 Å². The van der Waals surface area contributed by atoms with E-state index in [4.69, 9.17) is 10.1 Å². The zero-order valence-corrected chi connectivity index (χ0v) is 18.4. The number of aromatic nitrogens is 1. The fourth-order valence-corrected chi connectivity index (χ4v) is 5.55. The number of phenolic OH excluding ortho intramolecular Hbond substituents is 1. The summed E-state index contributed by atoms with van der Waals surface area (Å²) in [5.41, 5.74) is 8.02. The molecule has 4 nitrogen and oxygen atoms in total. The lowest BCUT2D eigenvalue weighted by molar-refractivity contribution is 0.477. The molecule has 158 valence electrons. The van der Waals surface area contributed by atoms with Gasteiger partial charge in [-0.2, -0.15) is 5.10 Å². The molecule has 2 heterocycles. The smallest absolute Gasteiger partial charge is 0.207 e. The average Bonchev–Trinajstić information content (AvgIpc) is 3.58. The lowest BCUT2D eigenvalue weighted by atomic mass is 9.97. The fraction of sp³-hybridized carbons (Fsp3) is 0.185. The topological polar surface area (TPSA) is 48.7 Å². The van der Waals surface area contributed by atoms with E-state index in [0.29, 0.717) is 0 Å². The zero-order chi connectivity index (χ0) is 21.5. The number of nitrogens with zero attached hydrogens (tertiary/aromatic N) is 3. The highest BCUT2D eigenvalue weighted by Crippen LogP contribution is 2.40. The molecule has 1 atom stereocenters. The van der Waals surface area contributed by atoms with Crippen molar-refractivity contribution in [2.45, 2.75) is 31.7 Å². The van der Waals surface area contributed by atoms with E-state index in [-0.39, 0.29) is 11.8 Å². The molecule has 0 saturated carbocycles. The molecule has 2 aliphatic rings. The summed E-state index contributed by atoms with van der Waals surface area (Å²) in [4.78, 5) is 4.86. The van der Waals surface area contributed by atoms with Crippen LogP contribution in [0.5, 0.6) is 5.75 Å². The molecule has 5 heteroatoms. The van der Waals surface area contributed by atoms with Crippen molar-refractivity contribution in [1.82, 2.24) is 4.98 Å². The van der Waals surface area contributed by atoms with E-state index in [1.165, 1.54) is 41.5 Å². The average molecular weight is 438 g/mol. The first-order valence-electron chi connectivity index (χ1n) is 11.0. The quantitative estimate of drug-likeness (QED) is 0.404. The zero-order valence-electron chi connectivity index (χ0n) is 17.6. The molecule has 4 aromatic rings. The molecule has 0 saturated heterocycles. The molecule has 32 heavy (non-hydrogen) atoms. The lowest BCUT2D eigenvalue weighted by Gasteiger charge is -2.21. The Morgan fingerprint density at radius 2 is 1.72 bits per heavy atom. The minimum Gasteiger partial charge on any atom is -0.507 e. The predicted molar refractivity (Wildman–Crippen MR) is 130 cm³/mol. The van der Waals surface area contributed by atoms with Gasteiger partial charge in [0.2, 0.25) is 5.13 Å². The van der Waals surface area contributed by atoms with Gasteiger partial charge >= 0.3 is 0 Å². The summed E-state index contributed by atoms with van der Waals surface area (Å²) in [6.07, 6.45) is 4.44. The molecule has 1 aliphatic heterocycles. The van der Waals surface area contributed by atoms with Crippen molar-refractivity contribution in [3.05, 3.63) is 100 Å². The molecule has 1 N–H and O–H groups in total. The first-order chi connectivity index (χ1) is 15.8. The molecular formula is C27H23N3OS. The summed E-state index contributed by atoms with van der Waals surface area (Å²) < 4.78 is 0. The molecule has 1 aliphatic carbocycles. The number of hydrogen-bond donors (Lipinski definition) is 1. The Hall–Kier alpha value is -3.44. The number of aromatic hydroxyl groups is 1. The minimum atomic E-state index is 0.0998. The normalized spacial score (nSPS) is 17.4. The first kappa shape index (κ1) is 19.3. The summed E-state index contributed by atoms with van der Waals surface area (Å²) in [6.45, 7) is 0. The maximum atomic E-state index is 10.3. The lowest BCUT2D eigenvalue weighted by Crippen LogP contribution is -2.18. The Bertz CT molecular complexity index is 1310. The third kappa shape index (κ3) is 3.39. The molecule has 0 radical (unpaired) electrons. The van der Waals surface area contributed by atoms with Gasteiger partial charge in [0.05, 0.1) is 17.4 Å². The van der Waals surface area contributed by atoms with Gasteiger partial charge in [-0.15, -0.1) is 11.3 Å². The van der Waals surface area contributed by atoms with Gasteiger partial charge in [0, 0.05) is 17.4 Å². The second-order valence-electron chi connectivity index (χ2n) is 8.39. The van der Waals surface area contributed by atoms with Crippen LogP contribution in [-0.2, 0) is 12.8 Å². The summed E-state index contributed by atoms with van der Waals surface area (Å²) in [5, 5.41) is 20.2. The molecule has 0 fully saturated rings. The van der Waals surface area contributed by atoms with E-state index < -0.39 is 0 Å². The molecular weight excluding hydrogens is 414 g/mol. The fourth-order valence-electron chi connectivity index (χ4n) is 4.73. The number of anilines is 1. The van der Waals surface area contributed by atoms with Crippen LogP contribution < -0.4 is 5.01 Å². The van der Waals surface area contributed by atoms with Crippen molar-refractivity contribution in [3.8, 4) is 17.0 Å². The van der Waals surface area contributed by atoms with E-state index in [1.807, 2.05) is 29.6 Å². The van der Waals surface area contributed by atoms with Gasteiger partial charge in [0.25, 0.3) is 0 Å². The number of thiazole rings is 1. The van der Waals surface area contributed by atoms with Crippen molar-refractivity contribution in [1.29, 1.82) is 0 Å². The third-order valence-electron chi connectivity index (χ3n) is 6.39. The summed E-state index contributed by atoms with van der Waals surface area (Å²) in [7, 11) is 0. The highest BCUT2D eigenvalue weighted by molar-refractivity contribution is 7.14. The number of hydrazone groups is 1. The second kappa shape index (κ2) is 7.92. The highest BCUT2D eigenvalue weighted by atomic mass is 32.1. The van der Waals surface area contributed by atoms with Crippen LogP contribution in [0.1, 0.15) is 41.1 Å². The van der Waals surface area contributed by atoms with Crippen LogP contribution >= 0.6 is 11.3 Å². The maximum absolute atomic E-state index is 10.3. The van der Waals surface area contributed by atoms with Gasteiger partial charge < -0.3 is 5.11 Å². The molecule has 0 spiro atoms. The number of rotatable bonds is 4. The van der Waals surface area contributed by atoms with E-state index in [9.17, 15) is 5.11 Å². The van der Waals surface area contributed by atoms with Crippen molar-refractivity contribution in [2.24, 2.45) is 5.10 Å². The summed E-state index contributed by atoms with van der Waals surface area (Å²) in [6, 6.07) is 24.8. The predicted octanol–water partition coefficient (Wildman–Crippen LogP) is 6.36. The summed E-state index contributed by atoms with van der Waals surface area (Å²) >= 11 is 1.56. The third-order valence-corrected chi connectivity index (χ3v) is 7.22. The van der Waals surface area contributed by atoms with Crippen LogP contribution in [-0.4, -0.2) is 15.8 Å². The molecule has 1 aromatic heterocycles. The maximum Gasteiger partial charge on any atom is 0.207 e. The minimum absolute atomic E-state index is 0.0998. The SMILES string of the molecule is Oc1ccccc1-c1csc(N2N=C(c3ccc4c(c3)CCC4)CC2c2ccccc2)n1. The van der Waals surface area contributed by atoms with Crippen molar-refractivity contribution >= 4 is 22.2 Å². The summed E-state index contributed by atoms with van der Waals surface area (Å²) in [5.74, 6) is 0.243. The Kier molecular flexibility index (Phi) is 4.76. The van der Waals surface area contributed by atoms with Gasteiger partial charge in [0.15, 0.2) is 0 Å². The highest BCUT2D eigenvalue weighted by Gasteiger charge is 2.32. The molecule has 1 unspecified atom stereocenters. The van der Waals surface area contributed by atoms with Crippen LogP contribution in [0.4, 0.5) is 5.13 Å².